The van der Waals surface area contributed by atoms with Crippen LogP contribution in [-0.4, -0.2) is 15.9 Å². The van der Waals surface area contributed by atoms with Crippen molar-refractivity contribution in [3.8, 4) is 28.3 Å². The minimum Gasteiger partial charge on any atom is -0.562 e. The van der Waals surface area contributed by atoms with Gasteiger partial charge in [0, 0.05) is 64.6 Å². The monoisotopic (exact) mass is 638 g/mol. The molecule has 0 atom stereocenters. The molecule has 0 spiro atoms. The van der Waals surface area contributed by atoms with Crippen LogP contribution in [0.5, 0.6) is 5.75 Å². The molecular formula is C23H18IrNO3Y-3. The van der Waals surface area contributed by atoms with E-state index in [1.54, 1.807) is 0 Å². The molecule has 6 heteroatoms. The summed E-state index contributed by atoms with van der Waals surface area (Å²) in [7, 11) is 0. The van der Waals surface area contributed by atoms with E-state index >= 15 is 0 Å². The molecule has 1 N–H and O–H groups in total. The molecule has 2 heterocycles. The molecule has 29 heavy (non-hydrogen) atoms. The van der Waals surface area contributed by atoms with Gasteiger partial charge in [-0.05, 0) is 19.5 Å². The van der Waals surface area contributed by atoms with Gasteiger partial charge in [0.2, 0.25) is 0 Å². The smallest absolute Gasteiger partial charge is 0.155 e. The standard InChI is InChI=1S/C18H10NO.C5H8O2.Ir.Y/c1-2-6-13(7-3-1)16-10-11-17-18(19-16)15-9-5-4-8-14(15)12-20-17;1-4(6)3-5(2)7;;/h1-6,8,11H,12H2;3,6H,1-2H3;;/q-3;;;/b;4-3-;;. The van der Waals surface area contributed by atoms with Crippen LogP contribution in [0, 0.1) is 18.2 Å². The van der Waals surface area contributed by atoms with Crippen molar-refractivity contribution in [2.45, 2.75) is 20.5 Å². The van der Waals surface area contributed by atoms with Crippen LogP contribution in [0.1, 0.15) is 19.4 Å². The van der Waals surface area contributed by atoms with Gasteiger partial charge in [0.1, 0.15) is 0 Å². The minimum atomic E-state index is -0.125. The third-order valence-electron chi connectivity index (χ3n) is 3.74. The molecule has 2 aromatic carbocycles. The molecule has 0 saturated carbocycles. The molecule has 4 rings (SSSR count). The van der Waals surface area contributed by atoms with Crippen LogP contribution in [-0.2, 0) is 64.2 Å². The Bertz CT molecular complexity index is 986. The van der Waals surface area contributed by atoms with Crippen LogP contribution < -0.4 is 4.74 Å². The fourth-order valence-electron chi connectivity index (χ4n) is 2.63. The fourth-order valence-corrected chi connectivity index (χ4v) is 2.63. The maximum absolute atomic E-state index is 10.0. The Balaban J connectivity index is 0.000000410. The number of carbonyl (C=O) groups excluding carboxylic acids is 1. The Morgan fingerprint density at radius 2 is 1.90 bits per heavy atom. The number of ketones is 1. The van der Waals surface area contributed by atoms with E-state index in [1.165, 1.54) is 19.9 Å². The average Bonchev–Trinajstić information content (AvgIpc) is 2.67. The van der Waals surface area contributed by atoms with Crippen LogP contribution in [0.3, 0.4) is 0 Å². The number of aliphatic hydroxyl groups excluding tert-OH is 1. The Morgan fingerprint density at radius 3 is 2.52 bits per heavy atom. The molecule has 4 nitrogen and oxygen atoms in total. The van der Waals surface area contributed by atoms with Gasteiger partial charge in [-0.15, -0.1) is 41.6 Å². The van der Waals surface area contributed by atoms with Crippen LogP contribution in [0.2, 0.25) is 0 Å². The van der Waals surface area contributed by atoms with E-state index in [9.17, 15) is 4.79 Å². The van der Waals surface area contributed by atoms with Crippen molar-refractivity contribution >= 4 is 5.78 Å². The summed E-state index contributed by atoms with van der Waals surface area (Å²) >= 11 is 0. The van der Waals surface area contributed by atoms with Gasteiger partial charge in [-0.3, -0.25) is 4.79 Å². The van der Waals surface area contributed by atoms with Gasteiger partial charge >= 0.3 is 0 Å². The van der Waals surface area contributed by atoms with Crippen LogP contribution >= 0.6 is 0 Å². The first-order valence-electron chi connectivity index (χ1n) is 8.45. The summed E-state index contributed by atoms with van der Waals surface area (Å²) in [5.41, 5.74) is 4.66. The second-order valence-corrected chi connectivity index (χ2v) is 5.99. The first-order chi connectivity index (χ1) is 13.0. The van der Waals surface area contributed by atoms with Gasteiger partial charge in [-0.2, -0.15) is 24.3 Å². The number of allylic oxidation sites excluding steroid dienone is 2. The number of hydrogen-bond donors (Lipinski definition) is 1. The van der Waals surface area contributed by atoms with E-state index in [0.717, 1.165) is 33.8 Å². The maximum atomic E-state index is 10.0. The summed E-state index contributed by atoms with van der Waals surface area (Å²) in [5, 5.41) is 8.36. The van der Waals surface area contributed by atoms with Crippen molar-refractivity contribution < 1.29 is 67.5 Å². The van der Waals surface area contributed by atoms with Crippen LogP contribution in [0.15, 0.2) is 60.4 Å². The second-order valence-electron chi connectivity index (χ2n) is 5.99. The van der Waals surface area contributed by atoms with Crippen molar-refractivity contribution in [2.75, 3.05) is 0 Å². The number of aliphatic hydroxyl groups is 1. The Hall–Kier alpha value is -1.65. The molecule has 1 aliphatic rings. The first kappa shape index (κ1) is 25.4. The number of ether oxygens (including phenoxy) is 1. The summed E-state index contributed by atoms with van der Waals surface area (Å²) in [5.74, 6) is 0.701. The van der Waals surface area contributed by atoms with Crippen molar-refractivity contribution in [3.63, 3.8) is 0 Å². The number of fused-ring (bicyclic) bond motifs is 3. The molecule has 0 unspecified atom stereocenters. The Morgan fingerprint density at radius 1 is 1.14 bits per heavy atom. The van der Waals surface area contributed by atoms with Crippen molar-refractivity contribution in [1.29, 1.82) is 0 Å². The zero-order valence-corrected chi connectivity index (χ0v) is 21.3. The van der Waals surface area contributed by atoms with Crippen molar-refractivity contribution in [2.24, 2.45) is 0 Å². The van der Waals surface area contributed by atoms with E-state index in [4.69, 9.17) is 9.84 Å². The minimum absolute atomic E-state index is 0. The molecule has 0 saturated heterocycles. The predicted octanol–water partition coefficient (Wildman–Crippen LogP) is 4.74. The van der Waals surface area contributed by atoms with Gasteiger partial charge in [-0.25, -0.2) is 17.7 Å². The molecule has 0 fully saturated rings. The predicted molar refractivity (Wildman–Crippen MR) is 103 cm³/mol. The summed E-state index contributed by atoms with van der Waals surface area (Å²) < 4.78 is 5.72. The SMILES string of the molecule is CC(=O)/C=C(/C)O.[Ir].[Y].[c-]1ccccc1-c1[c-]cc2c(n1)-c1[c-]cccc1CO2. The number of carbonyl (C=O) groups is 1. The van der Waals surface area contributed by atoms with E-state index in [2.05, 4.69) is 23.2 Å². The molecule has 148 valence electrons. The molecule has 1 aliphatic heterocycles. The van der Waals surface area contributed by atoms with E-state index in [1.807, 2.05) is 48.5 Å². The number of rotatable bonds is 2. The zero-order valence-electron chi connectivity index (χ0n) is 16.0. The van der Waals surface area contributed by atoms with Crippen molar-refractivity contribution in [3.05, 3.63) is 84.1 Å². The molecule has 2 radical (unpaired) electrons. The number of benzene rings is 2. The average molecular weight is 638 g/mol. The maximum Gasteiger partial charge on any atom is 0.155 e. The molecule has 0 amide bonds. The Labute approximate surface area is 209 Å². The molecule has 0 aliphatic carbocycles. The number of pyridine rings is 1. The quantitative estimate of drug-likeness (QED) is 0.251. The van der Waals surface area contributed by atoms with Crippen LogP contribution in [0.25, 0.3) is 22.5 Å². The van der Waals surface area contributed by atoms with Crippen LogP contribution in [0.4, 0.5) is 0 Å². The van der Waals surface area contributed by atoms with E-state index < -0.39 is 0 Å². The molecular weight excluding hydrogens is 619 g/mol. The number of aromatic nitrogens is 1. The summed E-state index contributed by atoms with van der Waals surface area (Å²) in [4.78, 5) is 14.7. The summed E-state index contributed by atoms with van der Waals surface area (Å²) in [6.07, 6.45) is 1.17. The zero-order chi connectivity index (χ0) is 19.2. The summed E-state index contributed by atoms with van der Waals surface area (Å²) in [6, 6.07) is 25.1. The molecule has 1 aromatic heterocycles. The first-order valence-corrected chi connectivity index (χ1v) is 8.45. The normalized spacial score (nSPS) is 11.2. The number of hydrogen-bond acceptors (Lipinski definition) is 4. The van der Waals surface area contributed by atoms with E-state index in [-0.39, 0.29) is 64.4 Å². The Kier molecular flexibility index (Phi) is 10.6. The molecule has 0 bridgehead atoms. The number of nitrogens with zero attached hydrogens (tertiary/aromatic N) is 1. The van der Waals surface area contributed by atoms with Gasteiger partial charge in [0.25, 0.3) is 0 Å². The third-order valence-corrected chi connectivity index (χ3v) is 3.74. The van der Waals surface area contributed by atoms with Gasteiger partial charge in [0.15, 0.2) is 5.78 Å². The largest absolute Gasteiger partial charge is 0.562 e. The topological polar surface area (TPSA) is 59.4 Å². The molecule has 3 aromatic rings. The fraction of sp³-hybridized carbons (Fsp3) is 0.130. The van der Waals surface area contributed by atoms with Crippen molar-refractivity contribution in [1.82, 2.24) is 4.98 Å². The van der Waals surface area contributed by atoms with Gasteiger partial charge < -0.3 is 14.8 Å². The third kappa shape index (κ3) is 6.97. The summed E-state index contributed by atoms with van der Waals surface area (Å²) in [6.45, 7) is 3.41. The van der Waals surface area contributed by atoms with E-state index in [0.29, 0.717) is 6.61 Å². The second kappa shape index (κ2) is 12.1. The van der Waals surface area contributed by atoms with Gasteiger partial charge in [-0.1, -0.05) is 5.56 Å². The van der Waals surface area contributed by atoms with Gasteiger partial charge in [0.05, 0.1) is 12.4 Å².